The molecule has 0 saturated carbocycles. The van der Waals surface area contributed by atoms with Crippen LogP contribution in [0.4, 0.5) is 17.6 Å². The minimum atomic E-state index is -4.91. The van der Waals surface area contributed by atoms with Gasteiger partial charge in [-0.3, -0.25) is 0 Å². The lowest BCUT2D eigenvalue weighted by atomic mass is 9.98. The number of ether oxygens (including phenoxy) is 2. The highest BCUT2D eigenvalue weighted by atomic mass is 19.4. The van der Waals surface area contributed by atoms with E-state index in [1.165, 1.54) is 18.2 Å². The highest BCUT2D eigenvalue weighted by Crippen LogP contribution is 2.36. The van der Waals surface area contributed by atoms with Crippen molar-refractivity contribution in [3.05, 3.63) is 53.8 Å². The third kappa shape index (κ3) is 4.21. The molecule has 23 heavy (non-hydrogen) atoms. The fourth-order valence-electron chi connectivity index (χ4n) is 2.03. The molecule has 122 valence electrons. The van der Waals surface area contributed by atoms with Crippen LogP contribution in [0.1, 0.15) is 17.3 Å². The molecule has 0 bridgehead atoms. The van der Waals surface area contributed by atoms with Crippen molar-refractivity contribution in [1.29, 1.82) is 0 Å². The Kier molecular flexibility index (Phi) is 4.88. The smallest absolute Gasteiger partial charge is 0.462 e. The lowest BCUT2D eigenvalue weighted by molar-refractivity contribution is -0.274. The largest absolute Gasteiger partial charge is 0.573 e. The molecule has 0 aliphatic heterocycles. The quantitative estimate of drug-likeness (QED) is 0.609. The highest BCUT2D eigenvalue weighted by Gasteiger charge is 2.32. The van der Waals surface area contributed by atoms with Gasteiger partial charge in [-0.05, 0) is 31.2 Å². The van der Waals surface area contributed by atoms with Crippen molar-refractivity contribution in [2.24, 2.45) is 0 Å². The van der Waals surface area contributed by atoms with Crippen LogP contribution in [-0.2, 0) is 4.74 Å². The van der Waals surface area contributed by atoms with Crippen LogP contribution < -0.4 is 4.74 Å². The van der Waals surface area contributed by atoms with E-state index < -0.39 is 23.9 Å². The average molecular weight is 328 g/mol. The molecule has 7 heteroatoms. The second kappa shape index (κ2) is 6.68. The molecule has 0 spiro atoms. The summed E-state index contributed by atoms with van der Waals surface area (Å²) in [5.74, 6) is -1.99. The topological polar surface area (TPSA) is 35.5 Å². The lowest BCUT2D eigenvalue weighted by Crippen LogP contribution is -2.18. The van der Waals surface area contributed by atoms with Crippen molar-refractivity contribution in [3.8, 4) is 16.9 Å². The first kappa shape index (κ1) is 16.8. The van der Waals surface area contributed by atoms with Gasteiger partial charge in [-0.1, -0.05) is 18.2 Å². The van der Waals surface area contributed by atoms with E-state index in [9.17, 15) is 22.4 Å². The Morgan fingerprint density at radius 1 is 1.09 bits per heavy atom. The molecule has 0 amide bonds. The number of alkyl halides is 3. The van der Waals surface area contributed by atoms with Crippen LogP contribution in [0, 0.1) is 5.82 Å². The summed E-state index contributed by atoms with van der Waals surface area (Å²) in [4.78, 5) is 11.9. The summed E-state index contributed by atoms with van der Waals surface area (Å²) >= 11 is 0. The van der Waals surface area contributed by atoms with E-state index in [1.54, 1.807) is 6.92 Å². The molecule has 2 aromatic rings. The minimum Gasteiger partial charge on any atom is -0.462 e. The first-order valence-corrected chi connectivity index (χ1v) is 6.63. The van der Waals surface area contributed by atoms with Crippen LogP contribution in [0.2, 0.25) is 0 Å². The molecule has 3 nitrogen and oxygen atoms in total. The van der Waals surface area contributed by atoms with E-state index in [0.717, 1.165) is 24.3 Å². The summed E-state index contributed by atoms with van der Waals surface area (Å²) in [7, 11) is 0. The fraction of sp³-hybridized carbons (Fsp3) is 0.188. The lowest BCUT2D eigenvalue weighted by Gasteiger charge is -2.15. The summed E-state index contributed by atoms with van der Waals surface area (Å²) in [5.41, 5.74) is -0.151. The summed E-state index contributed by atoms with van der Waals surface area (Å²) in [6.45, 7) is 1.66. The van der Waals surface area contributed by atoms with E-state index in [-0.39, 0.29) is 23.3 Å². The zero-order chi connectivity index (χ0) is 17.0. The van der Waals surface area contributed by atoms with E-state index in [1.807, 2.05) is 0 Å². The Morgan fingerprint density at radius 2 is 1.78 bits per heavy atom. The molecule has 2 aromatic carbocycles. The molecule has 0 N–H and O–H groups in total. The molecule has 0 heterocycles. The predicted molar refractivity (Wildman–Crippen MR) is 74.5 cm³/mol. The maximum absolute atomic E-state index is 13.5. The van der Waals surface area contributed by atoms with Gasteiger partial charge in [-0.15, -0.1) is 13.2 Å². The number of benzene rings is 2. The molecule has 0 aliphatic rings. The van der Waals surface area contributed by atoms with Gasteiger partial charge in [0.05, 0.1) is 12.2 Å². The van der Waals surface area contributed by atoms with Gasteiger partial charge in [-0.25, -0.2) is 9.18 Å². The summed E-state index contributed by atoms with van der Waals surface area (Å²) < 4.78 is 59.9. The van der Waals surface area contributed by atoms with Gasteiger partial charge in [0.25, 0.3) is 0 Å². The van der Waals surface area contributed by atoms with Gasteiger partial charge in [0, 0.05) is 11.1 Å². The molecule has 2 rings (SSSR count). The highest BCUT2D eigenvalue weighted by molar-refractivity contribution is 5.98. The molecule has 0 unspecified atom stereocenters. The Bertz CT molecular complexity index is 711. The molecule has 0 saturated heterocycles. The van der Waals surface area contributed by atoms with E-state index in [2.05, 4.69) is 4.74 Å². The maximum Gasteiger partial charge on any atom is 0.573 e. The van der Waals surface area contributed by atoms with Crippen LogP contribution in [0.5, 0.6) is 5.75 Å². The van der Waals surface area contributed by atoms with Gasteiger partial charge in [0.2, 0.25) is 0 Å². The van der Waals surface area contributed by atoms with Gasteiger partial charge >= 0.3 is 12.3 Å². The molecule has 0 aliphatic carbocycles. The van der Waals surface area contributed by atoms with Crippen molar-refractivity contribution in [2.45, 2.75) is 13.3 Å². The zero-order valence-electron chi connectivity index (χ0n) is 12.0. The van der Waals surface area contributed by atoms with Crippen LogP contribution in [0.25, 0.3) is 11.1 Å². The van der Waals surface area contributed by atoms with Crippen molar-refractivity contribution in [3.63, 3.8) is 0 Å². The Morgan fingerprint density at radius 3 is 2.43 bits per heavy atom. The predicted octanol–water partition coefficient (Wildman–Crippen LogP) is 4.57. The maximum atomic E-state index is 13.5. The van der Waals surface area contributed by atoms with Crippen LogP contribution in [-0.4, -0.2) is 18.9 Å². The van der Waals surface area contributed by atoms with Gasteiger partial charge in [0.15, 0.2) is 0 Å². The first-order chi connectivity index (χ1) is 10.8. The summed E-state index contributed by atoms with van der Waals surface area (Å²) in [5, 5.41) is 0. The third-order valence-electron chi connectivity index (χ3n) is 2.88. The molecular formula is C16H12F4O3. The number of halogens is 4. The normalized spacial score (nSPS) is 11.2. The van der Waals surface area contributed by atoms with E-state index >= 15 is 0 Å². The minimum absolute atomic E-state index is 0.0386. The number of esters is 1. The van der Waals surface area contributed by atoms with Crippen LogP contribution in [0.3, 0.4) is 0 Å². The number of hydrogen-bond acceptors (Lipinski definition) is 3. The van der Waals surface area contributed by atoms with Crippen molar-refractivity contribution in [2.75, 3.05) is 6.61 Å². The van der Waals surface area contributed by atoms with Crippen LogP contribution >= 0.6 is 0 Å². The number of carbonyl (C=O) groups is 1. The van der Waals surface area contributed by atoms with Gasteiger partial charge < -0.3 is 9.47 Å². The molecule has 0 aromatic heterocycles. The molecule has 0 radical (unpaired) electrons. The summed E-state index contributed by atoms with van der Waals surface area (Å²) in [6.07, 6.45) is -4.91. The second-order valence-corrected chi connectivity index (χ2v) is 4.45. The fourth-order valence-corrected chi connectivity index (χ4v) is 2.03. The van der Waals surface area contributed by atoms with Crippen molar-refractivity contribution < 1.29 is 31.8 Å². The van der Waals surface area contributed by atoms with Crippen molar-refractivity contribution >= 4 is 5.97 Å². The first-order valence-electron chi connectivity index (χ1n) is 6.63. The zero-order valence-corrected chi connectivity index (χ0v) is 12.0. The van der Waals surface area contributed by atoms with Crippen molar-refractivity contribution in [1.82, 2.24) is 0 Å². The third-order valence-corrected chi connectivity index (χ3v) is 2.88. The standard InChI is InChI=1S/C16H12F4O3/c1-2-22-15(21)12-8-7-10(17)9-13(12)11-5-3-4-6-14(11)23-16(18,19)20/h3-9H,2H2,1H3. The second-order valence-electron chi connectivity index (χ2n) is 4.45. The summed E-state index contributed by atoms with van der Waals surface area (Å²) in [6, 6.07) is 8.34. The molecule has 0 atom stereocenters. The number of para-hydroxylation sites is 1. The molecule has 0 fully saturated rings. The Hall–Kier alpha value is -2.57. The Balaban J connectivity index is 2.58. The number of carbonyl (C=O) groups excluding carboxylic acids is 1. The average Bonchev–Trinajstić information content (AvgIpc) is 2.46. The monoisotopic (exact) mass is 328 g/mol. The van der Waals surface area contributed by atoms with E-state index in [0.29, 0.717) is 0 Å². The SMILES string of the molecule is CCOC(=O)c1ccc(F)cc1-c1ccccc1OC(F)(F)F. The molecular weight excluding hydrogens is 316 g/mol. The van der Waals surface area contributed by atoms with E-state index in [4.69, 9.17) is 4.74 Å². The van der Waals surface area contributed by atoms with Gasteiger partial charge in [-0.2, -0.15) is 0 Å². The van der Waals surface area contributed by atoms with Crippen LogP contribution in [0.15, 0.2) is 42.5 Å². The number of rotatable bonds is 4. The van der Waals surface area contributed by atoms with Gasteiger partial charge in [0.1, 0.15) is 11.6 Å². The number of hydrogen-bond donors (Lipinski definition) is 0. The Labute approximate surface area is 129 Å².